The van der Waals surface area contributed by atoms with Crippen molar-refractivity contribution in [3.63, 3.8) is 0 Å². The second-order valence-electron chi connectivity index (χ2n) is 10.4. The van der Waals surface area contributed by atoms with E-state index in [1.54, 1.807) is 0 Å². The van der Waals surface area contributed by atoms with E-state index in [9.17, 15) is 35.2 Å². The van der Waals surface area contributed by atoms with Crippen molar-refractivity contribution in [2.24, 2.45) is 5.92 Å². The van der Waals surface area contributed by atoms with Crippen LogP contribution < -0.4 is 4.74 Å². The highest BCUT2D eigenvalue weighted by atomic mass is 32.2. The predicted molar refractivity (Wildman–Crippen MR) is 117 cm³/mol. The molecule has 202 valence electrons. The van der Waals surface area contributed by atoms with E-state index in [-0.39, 0.29) is 53.9 Å². The van der Waals surface area contributed by atoms with Crippen LogP contribution in [0.3, 0.4) is 0 Å². The van der Waals surface area contributed by atoms with Gasteiger partial charge in [0.2, 0.25) is 11.8 Å². The minimum Gasteiger partial charge on any atom is -0.484 e. The third-order valence-corrected chi connectivity index (χ3v) is 8.72. The average molecular weight is 550 g/mol. The van der Waals surface area contributed by atoms with E-state index >= 15 is 0 Å². The number of sulfone groups is 1. The van der Waals surface area contributed by atoms with Gasteiger partial charge in [-0.05, 0) is 50.3 Å². The number of likely N-dealkylation sites (tertiary alicyclic amines) is 1. The second-order valence-corrected chi connectivity index (χ2v) is 12.4. The Morgan fingerprint density at radius 1 is 1.19 bits per heavy atom. The SMILES string of the molecule is CC(Oc1ccc(S(C)(=O)=O)cc1C(=O)N1CC2CC2(c2nnc(C3(C(F)(F)F)CC3)o2)C1)C(C)(F)F. The smallest absolute Gasteiger partial charge is 0.403 e. The molecule has 2 saturated carbocycles. The molecule has 0 radical (unpaired) electrons. The number of hydrogen-bond acceptors (Lipinski definition) is 7. The van der Waals surface area contributed by atoms with E-state index in [0.717, 1.165) is 25.3 Å². The molecule has 5 rings (SSSR count). The Bertz CT molecular complexity index is 1370. The number of carbonyl (C=O) groups excluding carboxylic acids is 1. The van der Waals surface area contributed by atoms with Crippen LogP contribution in [0.4, 0.5) is 22.0 Å². The van der Waals surface area contributed by atoms with Gasteiger partial charge in [-0.1, -0.05) is 0 Å². The van der Waals surface area contributed by atoms with E-state index < -0.39 is 50.7 Å². The number of fused-ring (bicyclic) bond motifs is 1. The van der Waals surface area contributed by atoms with Crippen molar-refractivity contribution in [1.29, 1.82) is 0 Å². The molecule has 14 heteroatoms. The van der Waals surface area contributed by atoms with Crippen LogP contribution in [0.1, 0.15) is 55.2 Å². The maximum Gasteiger partial charge on any atom is 0.403 e. The molecule has 3 unspecified atom stereocenters. The van der Waals surface area contributed by atoms with Crippen molar-refractivity contribution >= 4 is 15.7 Å². The molecule has 2 aliphatic carbocycles. The van der Waals surface area contributed by atoms with Gasteiger partial charge in [0.05, 0.1) is 15.9 Å². The maximum atomic E-state index is 13.8. The lowest BCUT2D eigenvalue weighted by molar-refractivity contribution is -0.165. The Kier molecular flexibility index (Phi) is 5.50. The summed E-state index contributed by atoms with van der Waals surface area (Å²) in [7, 11) is -3.73. The van der Waals surface area contributed by atoms with Crippen molar-refractivity contribution < 1.29 is 44.3 Å². The number of hydrogen-bond donors (Lipinski definition) is 0. The first-order valence-electron chi connectivity index (χ1n) is 11.6. The number of benzene rings is 1. The number of amides is 1. The van der Waals surface area contributed by atoms with Gasteiger partial charge in [-0.3, -0.25) is 4.79 Å². The molecule has 0 N–H and O–H groups in total. The topological polar surface area (TPSA) is 103 Å². The first-order valence-corrected chi connectivity index (χ1v) is 13.5. The van der Waals surface area contributed by atoms with Crippen molar-refractivity contribution in [2.75, 3.05) is 19.3 Å². The van der Waals surface area contributed by atoms with Gasteiger partial charge >= 0.3 is 6.18 Å². The van der Waals surface area contributed by atoms with E-state index in [0.29, 0.717) is 13.3 Å². The number of rotatable bonds is 7. The summed E-state index contributed by atoms with van der Waals surface area (Å²) in [4.78, 5) is 14.7. The summed E-state index contributed by atoms with van der Waals surface area (Å²) < 4.78 is 103. The fourth-order valence-corrected chi connectivity index (χ4v) is 5.45. The lowest BCUT2D eigenvalue weighted by Gasteiger charge is -2.25. The average Bonchev–Trinajstić information content (AvgIpc) is 3.63. The third kappa shape index (κ3) is 4.26. The van der Waals surface area contributed by atoms with Gasteiger partial charge in [0.1, 0.15) is 11.2 Å². The van der Waals surface area contributed by atoms with Crippen molar-refractivity contribution in [3.8, 4) is 5.75 Å². The number of aromatic nitrogens is 2. The number of alkyl halides is 5. The molecule has 3 fully saturated rings. The Hall–Kier alpha value is -2.77. The molecule has 2 heterocycles. The number of nitrogens with zero attached hydrogens (tertiary/aromatic N) is 3. The molecule has 8 nitrogen and oxygen atoms in total. The molecule has 1 aromatic carbocycles. The molecule has 3 aliphatic rings. The normalized spacial score (nSPS) is 25.5. The Morgan fingerprint density at radius 2 is 1.84 bits per heavy atom. The van der Waals surface area contributed by atoms with Gasteiger partial charge in [-0.2, -0.15) is 13.2 Å². The molecule has 1 amide bonds. The quantitative estimate of drug-likeness (QED) is 0.483. The second kappa shape index (κ2) is 7.87. The van der Waals surface area contributed by atoms with Gasteiger partial charge in [-0.15, -0.1) is 10.2 Å². The molecule has 1 saturated heterocycles. The first-order chi connectivity index (χ1) is 17.0. The van der Waals surface area contributed by atoms with Gasteiger partial charge in [0.25, 0.3) is 11.8 Å². The van der Waals surface area contributed by atoms with Crippen LogP contribution in [-0.2, 0) is 20.7 Å². The largest absolute Gasteiger partial charge is 0.484 e. The van der Waals surface area contributed by atoms with E-state index in [2.05, 4.69) is 10.2 Å². The Morgan fingerprint density at radius 3 is 2.41 bits per heavy atom. The highest BCUT2D eigenvalue weighted by Gasteiger charge is 2.70. The fraction of sp³-hybridized carbons (Fsp3) is 0.609. The van der Waals surface area contributed by atoms with E-state index in [4.69, 9.17) is 9.15 Å². The first kappa shape index (κ1) is 25.9. The monoisotopic (exact) mass is 549 g/mol. The van der Waals surface area contributed by atoms with Gasteiger partial charge < -0.3 is 14.1 Å². The van der Waals surface area contributed by atoms with Crippen LogP contribution in [0.15, 0.2) is 27.5 Å². The van der Waals surface area contributed by atoms with Crippen LogP contribution >= 0.6 is 0 Å². The van der Waals surface area contributed by atoms with Crippen molar-refractivity contribution in [3.05, 3.63) is 35.5 Å². The highest BCUT2D eigenvalue weighted by molar-refractivity contribution is 7.90. The van der Waals surface area contributed by atoms with Crippen LogP contribution in [0, 0.1) is 5.92 Å². The molecule has 0 bridgehead atoms. The van der Waals surface area contributed by atoms with Gasteiger partial charge in [-0.25, -0.2) is 17.2 Å². The summed E-state index contributed by atoms with van der Waals surface area (Å²) in [5.41, 5.74) is -3.14. The lowest BCUT2D eigenvalue weighted by Crippen LogP contribution is -2.35. The van der Waals surface area contributed by atoms with E-state index in [1.165, 1.54) is 11.0 Å². The van der Waals surface area contributed by atoms with Crippen molar-refractivity contribution in [2.45, 2.75) is 67.0 Å². The summed E-state index contributed by atoms with van der Waals surface area (Å²) in [5, 5.41) is 7.56. The number of halogens is 5. The summed E-state index contributed by atoms with van der Waals surface area (Å²) in [5.74, 6) is -4.70. The molecule has 1 aromatic heterocycles. The van der Waals surface area contributed by atoms with Crippen LogP contribution in [-0.4, -0.2) is 67.0 Å². The summed E-state index contributed by atoms with van der Waals surface area (Å²) >= 11 is 0. The zero-order chi connectivity index (χ0) is 27.2. The Labute approximate surface area is 209 Å². The molecule has 1 aliphatic heterocycles. The van der Waals surface area contributed by atoms with Crippen LogP contribution in [0.5, 0.6) is 5.75 Å². The minimum absolute atomic E-state index is 0.0268. The molecule has 0 spiro atoms. The van der Waals surface area contributed by atoms with Gasteiger partial charge in [0.15, 0.2) is 15.9 Å². The van der Waals surface area contributed by atoms with E-state index in [1.807, 2.05) is 0 Å². The zero-order valence-corrected chi connectivity index (χ0v) is 20.9. The minimum atomic E-state index is -4.51. The van der Waals surface area contributed by atoms with Crippen LogP contribution in [0.2, 0.25) is 0 Å². The molecule has 37 heavy (non-hydrogen) atoms. The standard InChI is InChI=1S/C23H24F5N3O5S/c1-12(20(2,24)25)35-16-5-4-14(37(3,33)34)8-15(16)17(32)31-10-13-9-21(13,11-31)18-29-30-19(36-18)22(6-7-22)23(26,27)28/h4-5,8,12-13H,6-7,9-11H2,1-3H3. The zero-order valence-electron chi connectivity index (χ0n) is 20.1. The molecule has 2 aromatic rings. The fourth-order valence-electron chi connectivity index (χ4n) is 4.80. The number of carbonyl (C=O) groups is 1. The third-order valence-electron chi connectivity index (χ3n) is 7.61. The molecular formula is C23H24F5N3O5S. The molecule has 3 atom stereocenters. The van der Waals surface area contributed by atoms with Gasteiger partial charge in [0, 0.05) is 26.3 Å². The highest BCUT2D eigenvalue weighted by Crippen LogP contribution is 2.62. The lowest BCUT2D eigenvalue weighted by atomic mass is 10.1. The summed E-state index contributed by atoms with van der Waals surface area (Å²) in [6.07, 6.45) is -4.91. The maximum absolute atomic E-state index is 13.8. The number of piperidine rings is 1. The molecular weight excluding hydrogens is 525 g/mol. The van der Waals surface area contributed by atoms with Crippen molar-refractivity contribution in [1.82, 2.24) is 15.1 Å². The summed E-state index contributed by atoms with van der Waals surface area (Å²) in [6, 6.07) is 3.41. The predicted octanol–water partition coefficient (Wildman–Crippen LogP) is 3.90. The number of ether oxygens (including phenoxy) is 1. The Balaban J connectivity index is 1.41. The summed E-state index contributed by atoms with van der Waals surface area (Å²) in [6.45, 7) is 2.02. The van der Waals surface area contributed by atoms with Crippen LogP contribution in [0.25, 0.3) is 0 Å².